The predicted octanol–water partition coefficient (Wildman–Crippen LogP) is 3.45. The van der Waals surface area contributed by atoms with Gasteiger partial charge in [0.2, 0.25) is 5.91 Å². The summed E-state index contributed by atoms with van der Waals surface area (Å²) in [5, 5.41) is 11.5. The van der Waals surface area contributed by atoms with Crippen LogP contribution < -0.4 is 10.1 Å². The Morgan fingerprint density at radius 3 is 2.92 bits per heavy atom. The average molecular weight is 376 g/mol. The van der Waals surface area contributed by atoms with Crippen molar-refractivity contribution in [1.29, 1.82) is 0 Å². The maximum atomic E-state index is 11.9. The minimum absolute atomic E-state index is 0.166. The number of para-hydroxylation sites is 1. The Morgan fingerprint density at radius 1 is 1.32 bits per heavy atom. The van der Waals surface area contributed by atoms with E-state index >= 15 is 0 Å². The first-order valence-corrected chi connectivity index (χ1v) is 9.26. The van der Waals surface area contributed by atoms with Crippen LogP contribution in [-0.4, -0.2) is 26.8 Å². The lowest BCUT2D eigenvalue weighted by molar-refractivity contribution is -0.113. The van der Waals surface area contributed by atoms with Crippen molar-refractivity contribution in [1.82, 2.24) is 15.2 Å². The molecule has 0 atom stereocenters. The number of aryl methyl sites for hydroxylation is 2. The molecule has 2 aromatic heterocycles. The van der Waals surface area contributed by atoms with E-state index in [-0.39, 0.29) is 18.3 Å². The van der Waals surface area contributed by atoms with E-state index in [0.717, 1.165) is 16.2 Å². The molecule has 9 heteroatoms. The zero-order valence-corrected chi connectivity index (χ0v) is 15.3. The lowest BCUT2D eigenvalue weighted by atomic mass is 10.2. The molecule has 130 valence electrons. The summed E-state index contributed by atoms with van der Waals surface area (Å²) < 4.78 is 11.1. The molecule has 1 N–H and O–H groups in total. The van der Waals surface area contributed by atoms with Gasteiger partial charge < -0.3 is 14.5 Å². The van der Waals surface area contributed by atoms with Crippen LogP contribution in [-0.2, 0) is 11.4 Å². The van der Waals surface area contributed by atoms with Gasteiger partial charge in [0.1, 0.15) is 5.75 Å². The molecule has 3 rings (SSSR count). The highest BCUT2D eigenvalue weighted by molar-refractivity contribution is 7.99. The largest absolute Gasteiger partial charge is 0.484 e. The fraction of sp³-hybridized carbons (Fsp3) is 0.250. The number of thioether (sulfide) groups is 1. The van der Waals surface area contributed by atoms with Gasteiger partial charge in [-0.05, 0) is 25.5 Å². The highest BCUT2D eigenvalue weighted by Crippen LogP contribution is 2.21. The van der Waals surface area contributed by atoms with Crippen molar-refractivity contribution < 1.29 is 13.9 Å². The lowest BCUT2D eigenvalue weighted by Crippen LogP contribution is -2.13. The van der Waals surface area contributed by atoms with Crippen LogP contribution in [0.4, 0.5) is 5.13 Å². The summed E-state index contributed by atoms with van der Waals surface area (Å²) in [7, 11) is 0. The molecule has 0 aliphatic carbocycles. The minimum atomic E-state index is -0.171. The van der Waals surface area contributed by atoms with Crippen LogP contribution in [0.5, 0.6) is 5.75 Å². The number of nitrogens with one attached hydrogen (secondary N) is 1. The normalized spacial score (nSPS) is 10.6. The number of carbonyl (C=O) groups excluding carboxylic acids is 1. The van der Waals surface area contributed by atoms with E-state index in [2.05, 4.69) is 20.5 Å². The van der Waals surface area contributed by atoms with Crippen LogP contribution in [0.1, 0.15) is 16.3 Å². The Balaban J connectivity index is 1.46. The maximum Gasteiger partial charge on any atom is 0.277 e. The van der Waals surface area contributed by atoms with Crippen LogP contribution >= 0.6 is 23.1 Å². The number of thiazole rings is 1. The number of hydrogen-bond acceptors (Lipinski definition) is 8. The molecule has 0 radical (unpaired) electrons. The molecule has 1 aromatic carbocycles. The van der Waals surface area contributed by atoms with Gasteiger partial charge in [-0.15, -0.1) is 21.5 Å². The molecule has 0 saturated heterocycles. The van der Waals surface area contributed by atoms with Gasteiger partial charge in [0.15, 0.2) is 11.7 Å². The third kappa shape index (κ3) is 5.04. The van der Waals surface area contributed by atoms with Gasteiger partial charge >= 0.3 is 0 Å². The third-order valence-corrected chi connectivity index (χ3v) is 4.73. The molecule has 0 unspecified atom stereocenters. The second-order valence-corrected chi connectivity index (χ2v) is 7.29. The van der Waals surface area contributed by atoms with E-state index in [9.17, 15) is 4.79 Å². The molecule has 1 amide bonds. The zero-order chi connectivity index (χ0) is 17.6. The number of anilines is 1. The van der Waals surface area contributed by atoms with Crippen molar-refractivity contribution in [3.8, 4) is 5.75 Å². The SMILES string of the molecule is Cc1cnc(NC(=O)CSc2nnc(COc3ccccc3C)o2)s1. The van der Waals surface area contributed by atoms with Gasteiger partial charge in [-0.3, -0.25) is 4.79 Å². The number of hydrogen-bond donors (Lipinski definition) is 1. The van der Waals surface area contributed by atoms with Gasteiger partial charge in [0.25, 0.3) is 11.1 Å². The van der Waals surface area contributed by atoms with Crippen molar-refractivity contribution in [2.24, 2.45) is 0 Å². The number of rotatable bonds is 7. The summed E-state index contributed by atoms with van der Waals surface area (Å²) in [5.74, 6) is 1.13. The van der Waals surface area contributed by atoms with E-state index in [4.69, 9.17) is 9.15 Å². The van der Waals surface area contributed by atoms with Crippen LogP contribution in [0.3, 0.4) is 0 Å². The molecule has 0 aliphatic heterocycles. The molecule has 7 nitrogen and oxygen atoms in total. The summed E-state index contributed by atoms with van der Waals surface area (Å²) in [6.45, 7) is 4.08. The molecule has 2 heterocycles. The van der Waals surface area contributed by atoms with Crippen LogP contribution in [0, 0.1) is 13.8 Å². The Labute approximate surface area is 152 Å². The van der Waals surface area contributed by atoms with E-state index in [1.807, 2.05) is 38.1 Å². The number of aromatic nitrogens is 3. The molecule has 0 spiro atoms. The van der Waals surface area contributed by atoms with E-state index in [1.54, 1.807) is 6.20 Å². The molecule has 25 heavy (non-hydrogen) atoms. The third-order valence-electron chi connectivity index (χ3n) is 3.09. The summed E-state index contributed by atoms with van der Waals surface area (Å²) in [6.07, 6.45) is 1.71. The first kappa shape index (κ1) is 17.4. The summed E-state index contributed by atoms with van der Waals surface area (Å²) in [5.41, 5.74) is 1.03. The van der Waals surface area contributed by atoms with Gasteiger partial charge in [0.05, 0.1) is 5.75 Å². The average Bonchev–Trinajstić information content (AvgIpc) is 3.21. The van der Waals surface area contributed by atoms with Crippen molar-refractivity contribution in [2.45, 2.75) is 25.7 Å². The second-order valence-electron chi connectivity index (χ2n) is 5.13. The zero-order valence-electron chi connectivity index (χ0n) is 13.7. The molecule has 3 aromatic rings. The smallest absolute Gasteiger partial charge is 0.277 e. The summed E-state index contributed by atoms with van der Waals surface area (Å²) >= 11 is 2.60. The number of nitrogens with zero attached hydrogens (tertiary/aromatic N) is 3. The molecular formula is C16H16N4O3S2. The van der Waals surface area contributed by atoms with Gasteiger partial charge in [-0.2, -0.15) is 0 Å². The topological polar surface area (TPSA) is 90.1 Å². The first-order valence-electron chi connectivity index (χ1n) is 7.46. The maximum absolute atomic E-state index is 11.9. The Morgan fingerprint density at radius 2 is 2.16 bits per heavy atom. The molecule has 0 aliphatic rings. The van der Waals surface area contributed by atoms with Crippen LogP contribution in [0.15, 0.2) is 40.1 Å². The minimum Gasteiger partial charge on any atom is -0.484 e. The number of amides is 1. The monoisotopic (exact) mass is 376 g/mol. The first-order chi connectivity index (χ1) is 12.1. The summed E-state index contributed by atoms with van der Waals surface area (Å²) in [6, 6.07) is 7.70. The van der Waals surface area contributed by atoms with E-state index in [1.165, 1.54) is 23.1 Å². The van der Waals surface area contributed by atoms with Crippen molar-refractivity contribution in [2.75, 3.05) is 11.1 Å². The molecule has 0 bridgehead atoms. The lowest BCUT2D eigenvalue weighted by Gasteiger charge is -2.05. The number of benzene rings is 1. The van der Waals surface area contributed by atoms with Crippen molar-refractivity contribution in [3.63, 3.8) is 0 Å². The quantitative estimate of drug-likeness (QED) is 0.632. The van der Waals surface area contributed by atoms with Gasteiger partial charge in [0, 0.05) is 11.1 Å². The Hall–Kier alpha value is -2.39. The molecule has 0 saturated carbocycles. The Bertz CT molecular complexity index is 862. The van der Waals surface area contributed by atoms with Crippen molar-refractivity contribution >= 4 is 34.1 Å². The molecule has 0 fully saturated rings. The van der Waals surface area contributed by atoms with Gasteiger partial charge in [-0.1, -0.05) is 30.0 Å². The summed E-state index contributed by atoms with van der Waals surface area (Å²) in [4.78, 5) is 17.0. The van der Waals surface area contributed by atoms with Crippen LogP contribution in [0.25, 0.3) is 0 Å². The molecular weight excluding hydrogens is 360 g/mol. The van der Waals surface area contributed by atoms with Gasteiger partial charge in [-0.25, -0.2) is 4.98 Å². The highest BCUT2D eigenvalue weighted by atomic mass is 32.2. The van der Waals surface area contributed by atoms with Crippen molar-refractivity contribution in [3.05, 3.63) is 46.8 Å². The second kappa shape index (κ2) is 8.13. The fourth-order valence-electron chi connectivity index (χ4n) is 1.91. The van der Waals surface area contributed by atoms with E-state index < -0.39 is 0 Å². The Kier molecular flexibility index (Phi) is 5.67. The van der Waals surface area contributed by atoms with E-state index in [0.29, 0.717) is 16.2 Å². The fourth-order valence-corrected chi connectivity index (χ4v) is 3.17. The predicted molar refractivity (Wildman–Crippen MR) is 96.0 cm³/mol. The van der Waals surface area contributed by atoms with Crippen LogP contribution in [0.2, 0.25) is 0 Å². The highest BCUT2D eigenvalue weighted by Gasteiger charge is 2.11. The number of carbonyl (C=O) groups is 1. The number of ether oxygens (including phenoxy) is 1. The standard InChI is InChI=1S/C16H16N4O3S2/c1-10-5-3-4-6-12(10)22-8-14-19-20-16(23-14)24-9-13(21)18-15-17-7-11(2)25-15/h3-7H,8-9H2,1-2H3,(H,17,18,21).